The van der Waals surface area contributed by atoms with Crippen LogP contribution in [0, 0.1) is 0 Å². The van der Waals surface area contributed by atoms with Crippen LogP contribution in [0.15, 0.2) is 30.5 Å². The van der Waals surface area contributed by atoms with Crippen LogP contribution >= 0.6 is 12.9 Å². The average Bonchev–Trinajstić information content (AvgIpc) is 3.57. The van der Waals surface area contributed by atoms with Gasteiger partial charge in [-0.25, -0.2) is 4.98 Å². The minimum Gasteiger partial charge on any atom is -0.484 e. The Kier molecular flexibility index (Phi) is 4.32. The molecule has 0 atom stereocenters. The fraction of sp³-hybridized carbons (Fsp3) is 0.278. The minimum atomic E-state index is 0.401. The van der Waals surface area contributed by atoms with E-state index in [1.165, 1.54) is 0 Å². The molecule has 10 heteroatoms. The van der Waals surface area contributed by atoms with Crippen molar-refractivity contribution in [2.24, 2.45) is 0 Å². The van der Waals surface area contributed by atoms with Crippen LogP contribution in [0.1, 0.15) is 12.8 Å². The summed E-state index contributed by atoms with van der Waals surface area (Å²) in [7, 11) is 0. The average molecular weight is 396 g/mol. The monoisotopic (exact) mass is 396 g/mol. The first kappa shape index (κ1) is 17.0. The van der Waals surface area contributed by atoms with Crippen molar-refractivity contribution in [1.82, 2.24) is 25.4 Å². The van der Waals surface area contributed by atoms with E-state index >= 15 is 0 Å². The molecule has 0 amide bonds. The fourth-order valence-corrected chi connectivity index (χ4v) is 2.99. The van der Waals surface area contributed by atoms with Crippen molar-refractivity contribution in [3.8, 4) is 39.9 Å². The van der Waals surface area contributed by atoms with Gasteiger partial charge in [-0.1, -0.05) is 6.07 Å². The third-order valence-corrected chi connectivity index (χ3v) is 4.63. The van der Waals surface area contributed by atoms with Crippen molar-refractivity contribution in [3.05, 3.63) is 30.5 Å². The lowest BCUT2D eigenvalue weighted by Gasteiger charge is -2.17. The first-order valence-corrected chi connectivity index (χ1v) is 9.22. The molecule has 1 fully saturated rings. The number of benzene rings is 1. The van der Waals surface area contributed by atoms with E-state index in [2.05, 4.69) is 43.6 Å². The van der Waals surface area contributed by atoms with Crippen LogP contribution in [0.25, 0.3) is 22.5 Å². The van der Waals surface area contributed by atoms with Gasteiger partial charge >= 0.3 is 0 Å². The number of aromatic nitrogens is 5. The van der Waals surface area contributed by atoms with Crippen molar-refractivity contribution >= 4 is 18.9 Å². The van der Waals surface area contributed by atoms with Gasteiger partial charge in [0.2, 0.25) is 5.95 Å². The maximum atomic E-state index is 5.57. The van der Waals surface area contributed by atoms with Crippen LogP contribution < -0.4 is 19.0 Å². The number of nitrogens with one attached hydrogen (secondary N) is 1. The fourth-order valence-electron chi connectivity index (χ4n) is 2.84. The summed E-state index contributed by atoms with van der Waals surface area (Å²) in [5, 5.41) is 19.9. The summed E-state index contributed by atoms with van der Waals surface area (Å²) in [5.41, 5.74) is 2.74. The Hall–Kier alpha value is -3.14. The molecule has 3 aromatic rings. The summed E-state index contributed by atoms with van der Waals surface area (Å²) >= 11 is 3.98. The third-order valence-electron chi connectivity index (χ3n) is 4.43. The predicted molar refractivity (Wildman–Crippen MR) is 104 cm³/mol. The minimum absolute atomic E-state index is 0.401. The lowest BCUT2D eigenvalue weighted by atomic mass is 10.1. The SMILES string of the molecule is SOc1cc(-c2cc3c(nn2)OCCO3)ccc1-c1cnc(NC2CC2)nn1. The standard InChI is InChI=1S/C18H16N6O3S/c28-27-15-7-10(13-8-16-17(23-21-13)26-6-5-25-16)1-4-12(15)14-9-19-18(24-22-14)20-11-2-3-11/h1,4,7-9,11,28H,2-3,5-6H2,(H,19,20,24). The zero-order chi connectivity index (χ0) is 18.9. The highest BCUT2D eigenvalue weighted by Crippen LogP contribution is 2.35. The Labute approximate surface area is 166 Å². The number of nitrogens with zero attached hydrogens (tertiary/aromatic N) is 5. The Morgan fingerprint density at radius 2 is 1.86 bits per heavy atom. The Balaban J connectivity index is 1.44. The van der Waals surface area contributed by atoms with Crippen LogP contribution in [0.5, 0.6) is 17.4 Å². The molecule has 5 rings (SSSR count). The predicted octanol–water partition coefficient (Wildman–Crippen LogP) is 2.56. The summed E-state index contributed by atoms with van der Waals surface area (Å²) < 4.78 is 16.2. The van der Waals surface area contributed by atoms with Crippen molar-refractivity contribution in [2.75, 3.05) is 18.5 Å². The summed E-state index contributed by atoms with van der Waals surface area (Å²) in [4.78, 5) is 4.32. The van der Waals surface area contributed by atoms with Gasteiger partial charge in [-0.15, -0.1) is 20.4 Å². The highest BCUT2D eigenvalue weighted by Gasteiger charge is 2.22. The maximum absolute atomic E-state index is 5.57. The highest BCUT2D eigenvalue weighted by molar-refractivity contribution is 7.75. The number of anilines is 1. The van der Waals surface area contributed by atoms with E-state index in [4.69, 9.17) is 13.7 Å². The van der Waals surface area contributed by atoms with Crippen LogP contribution in [0.2, 0.25) is 0 Å². The van der Waals surface area contributed by atoms with Gasteiger partial charge in [0.15, 0.2) is 5.75 Å². The van der Waals surface area contributed by atoms with Gasteiger partial charge in [0.1, 0.15) is 24.7 Å². The lowest BCUT2D eigenvalue weighted by molar-refractivity contribution is 0.162. The second-order valence-electron chi connectivity index (χ2n) is 6.48. The van der Waals surface area contributed by atoms with Crippen LogP contribution in [0.4, 0.5) is 5.95 Å². The molecule has 0 radical (unpaired) electrons. The highest BCUT2D eigenvalue weighted by atomic mass is 32.1. The third kappa shape index (κ3) is 3.38. The van der Waals surface area contributed by atoms with Gasteiger partial charge in [0.05, 0.1) is 11.9 Å². The van der Waals surface area contributed by atoms with Crippen LogP contribution in [0.3, 0.4) is 0 Å². The van der Waals surface area contributed by atoms with E-state index in [0.717, 1.165) is 24.0 Å². The molecule has 2 aliphatic rings. The molecule has 1 aliphatic heterocycles. The lowest BCUT2D eigenvalue weighted by Crippen LogP contribution is -2.16. The molecule has 28 heavy (non-hydrogen) atoms. The van der Waals surface area contributed by atoms with E-state index < -0.39 is 0 Å². The summed E-state index contributed by atoms with van der Waals surface area (Å²) in [6.07, 6.45) is 3.95. The van der Waals surface area contributed by atoms with Crippen molar-refractivity contribution in [1.29, 1.82) is 0 Å². The van der Waals surface area contributed by atoms with Crippen LogP contribution in [-0.4, -0.2) is 44.6 Å². The van der Waals surface area contributed by atoms with Gasteiger partial charge in [0, 0.05) is 36.1 Å². The zero-order valence-electron chi connectivity index (χ0n) is 14.7. The van der Waals surface area contributed by atoms with Gasteiger partial charge in [-0.2, -0.15) is 0 Å². The molecular weight excluding hydrogens is 380 g/mol. The molecule has 0 unspecified atom stereocenters. The number of thiol groups is 1. The molecule has 1 aromatic carbocycles. The molecule has 142 valence electrons. The van der Waals surface area contributed by atoms with Crippen LogP contribution in [-0.2, 0) is 0 Å². The first-order valence-electron chi connectivity index (χ1n) is 8.86. The number of rotatable bonds is 5. The van der Waals surface area contributed by atoms with Gasteiger partial charge in [-0.05, 0) is 25.0 Å². The first-order chi connectivity index (χ1) is 13.8. The number of fused-ring (bicyclic) bond motifs is 1. The topological polar surface area (TPSA) is 104 Å². The Morgan fingerprint density at radius 1 is 1.00 bits per heavy atom. The quantitative estimate of drug-likeness (QED) is 0.497. The summed E-state index contributed by atoms with van der Waals surface area (Å²) in [5.74, 6) is 2.01. The normalized spacial score (nSPS) is 15.2. The van der Waals surface area contributed by atoms with Gasteiger partial charge in [0.25, 0.3) is 5.88 Å². The molecule has 0 saturated heterocycles. The van der Waals surface area contributed by atoms with E-state index in [9.17, 15) is 0 Å². The molecule has 9 nitrogen and oxygen atoms in total. The second-order valence-corrected chi connectivity index (χ2v) is 6.67. The summed E-state index contributed by atoms with van der Waals surface area (Å²) in [6.45, 7) is 0.955. The zero-order valence-corrected chi connectivity index (χ0v) is 15.6. The molecular formula is C18H16N6O3S. The van der Waals surface area contributed by atoms with E-state index in [-0.39, 0.29) is 0 Å². The Morgan fingerprint density at radius 3 is 2.64 bits per heavy atom. The molecule has 1 N–H and O–H groups in total. The summed E-state index contributed by atoms with van der Waals surface area (Å²) in [6, 6.07) is 7.82. The molecule has 0 bridgehead atoms. The maximum Gasteiger partial charge on any atom is 0.276 e. The molecule has 1 aliphatic carbocycles. The van der Waals surface area contributed by atoms with Crippen molar-refractivity contribution < 1.29 is 13.7 Å². The van der Waals surface area contributed by atoms with Gasteiger partial charge in [-0.3, -0.25) is 0 Å². The number of hydrogen-bond acceptors (Lipinski definition) is 10. The Bertz CT molecular complexity index is 1010. The van der Waals surface area contributed by atoms with E-state index in [0.29, 0.717) is 54.0 Å². The molecule has 3 heterocycles. The van der Waals surface area contributed by atoms with E-state index in [1.54, 1.807) is 18.3 Å². The number of hydrogen-bond donors (Lipinski definition) is 2. The van der Waals surface area contributed by atoms with Crippen molar-refractivity contribution in [2.45, 2.75) is 18.9 Å². The molecule has 1 saturated carbocycles. The largest absolute Gasteiger partial charge is 0.484 e. The molecule has 0 spiro atoms. The van der Waals surface area contributed by atoms with Crippen molar-refractivity contribution in [3.63, 3.8) is 0 Å². The molecule has 2 aromatic heterocycles. The van der Waals surface area contributed by atoms with Gasteiger partial charge < -0.3 is 19.0 Å². The number of ether oxygens (including phenoxy) is 2. The smallest absolute Gasteiger partial charge is 0.276 e. The second kappa shape index (κ2) is 7.12. The van der Waals surface area contributed by atoms with E-state index in [1.807, 2.05) is 12.1 Å².